The molecule has 0 saturated carbocycles. The molecule has 0 saturated heterocycles. The lowest BCUT2D eigenvalue weighted by Crippen LogP contribution is -2.24. The second-order valence-corrected chi connectivity index (χ2v) is 6.67. The van der Waals surface area contributed by atoms with Crippen LogP contribution in [0, 0.1) is 0 Å². The van der Waals surface area contributed by atoms with Crippen LogP contribution >= 0.6 is 0 Å². The van der Waals surface area contributed by atoms with Crippen molar-refractivity contribution in [2.45, 2.75) is 26.6 Å². The highest BCUT2D eigenvalue weighted by Crippen LogP contribution is 2.17. The van der Waals surface area contributed by atoms with Crippen LogP contribution in [-0.2, 0) is 11.3 Å². The van der Waals surface area contributed by atoms with E-state index in [1.807, 2.05) is 37.3 Å². The summed E-state index contributed by atoms with van der Waals surface area (Å²) in [6, 6.07) is 23.2. The molecule has 0 aromatic heterocycles. The maximum absolute atomic E-state index is 12.5. The summed E-state index contributed by atoms with van der Waals surface area (Å²) in [5, 5.41) is 0. The minimum absolute atomic E-state index is 0.269. The van der Waals surface area contributed by atoms with Crippen molar-refractivity contribution in [3.63, 3.8) is 0 Å². The van der Waals surface area contributed by atoms with Gasteiger partial charge < -0.3 is 14.2 Å². The van der Waals surface area contributed by atoms with Gasteiger partial charge in [-0.3, -0.25) is 4.79 Å². The number of Topliss-reactive ketones (excluding diaryl/α,β-unsaturated/α-hetero) is 1. The molecule has 0 unspecified atom stereocenters. The topological polar surface area (TPSA) is 61.8 Å². The Morgan fingerprint density at radius 2 is 1.33 bits per heavy atom. The number of hydrogen-bond acceptors (Lipinski definition) is 5. The largest absolute Gasteiger partial charge is 0.494 e. The third-order valence-electron chi connectivity index (χ3n) is 4.44. The second kappa shape index (κ2) is 10.3. The molecular formula is C25H24O5. The summed E-state index contributed by atoms with van der Waals surface area (Å²) in [6.45, 7) is 4.45. The molecule has 0 radical (unpaired) electrons. The van der Waals surface area contributed by atoms with E-state index in [-0.39, 0.29) is 5.78 Å². The second-order valence-electron chi connectivity index (χ2n) is 6.67. The summed E-state index contributed by atoms with van der Waals surface area (Å²) in [5.74, 6) is 0.507. The molecule has 0 spiro atoms. The Morgan fingerprint density at radius 3 is 1.93 bits per heavy atom. The lowest BCUT2D eigenvalue weighted by atomic mass is 10.1. The molecule has 0 N–H and O–H groups in total. The summed E-state index contributed by atoms with van der Waals surface area (Å²) < 4.78 is 16.4. The van der Waals surface area contributed by atoms with E-state index in [0.29, 0.717) is 35.8 Å². The molecule has 0 aliphatic carbocycles. The van der Waals surface area contributed by atoms with Gasteiger partial charge >= 0.3 is 5.97 Å². The highest BCUT2D eigenvalue weighted by atomic mass is 16.5. The summed E-state index contributed by atoms with van der Waals surface area (Å²) in [5.41, 5.74) is 1.87. The van der Waals surface area contributed by atoms with E-state index >= 15 is 0 Å². The van der Waals surface area contributed by atoms with Crippen LogP contribution in [0.5, 0.6) is 11.5 Å². The molecule has 0 aliphatic rings. The lowest BCUT2D eigenvalue weighted by molar-refractivity contribution is 0.0318. The van der Waals surface area contributed by atoms with E-state index in [2.05, 4.69) is 0 Å². The monoisotopic (exact) mass is 404 g/mol. The zero-order valence-electron chi connectivity index (χ0n) is 17.0. The molecule has 0 fully saturated rings. The Balaban J connectivity index is 1.54. The quantitative estimate of drug-likeness (QED) is 0.367. The van der Waals surface area contributed by atoms with Gasteiger partial charge in [0.2, 0.25) is 5.78 Å². The number of benzene rings is 3. The van der Waals surface area contributed by atoms with Gasteiger partial charge in [0.25, 0.3) is 0 Å². The zero-order valence-corrected chi connectivity index (χ0v) is 17.0. The number of esters is 1. The number of ketones is 1. The summed E-state index contributed by atoms with van der Waals surface area (Å²) >= 11 is 0. The predicted octanol–water partition coefficient (Wildman–Crippen LogP) is 5.09. The molecule has 3 rings (SSSR count). The van der Waals surface area contributed by atoms with Crippen molar-refractivity contribution < 1.29 is 23.8 Å². The molecule has 0 aliphatic heterocycles. The zero-order chi connectivity index (χ0) is 21.3. The number of ether oxygens (including phenoxy) is 3. The van der Waals surface area contributed by atoms with Gasteiger partial charge in [-0.15, -0.1) is 0 Å². The summed E-state index contributed by atoms with van der Waals surface area (Å²) in [4.78, 5) is 24.9. The van der Waals surface area contributed by atoms with Gasteiger partial charge in [-0.25, -0.2) is 4.79 Å². The smallest absolute Gasteiger partial charge is 0.338 e. The third-order valence-corrected chi connectivity index (χ3v) is 4.44. The summed E-state index contributed by atoms with van der Waals surface area (Å²) in [7, 11) is 0. The molecule has 5 nitrogen and oxygen atoms in total. The van der Waals surface area contributed by atoms with E-state index < -0.39 is 12.1 Å². The Morgan fingerprint density at radius 1 is 0.767 bits per heavy atom. The Labute approximate surface area is 176 Å². The van der Waals surface area contributed by atoms with Crippen LogP contribution in [0.4, 0.5) is 0 Å². The van der Waals surface area contributed by atoms with Crippen molar-refractivity contribution in [3.8, 4) is 11.5 Å². The SMILES string of the molecule is CCOc1ccc(C(=O)[C@@H](C)OC(=O)c2ccc(OCc3ccccc3)cc2)cc1. The van der Waals surface area contributed by atoms with Gasteiger partial charge in [0.1, 0.15) is 18.1 Å². The van der Waals surface area contributed by atoms with E-state index in [9.17, 15) is 9.59 Å². The standard InChI is InChI=1S/C25H24O5/c1-3-28-22-13-9-20(10-14-22)24(26)18(2)30-25(27)21-11-15-23(16-12-21)29-17-19-7-5-4-6-8-19/h4-16,18H,3,17H2,1-2H3/t18-/m1/s1. The van der Waals surface area contributed by atoms with Crippen LogP contribution in [0.15, 0.2) is 78.9 Å². The number of hydrogen-bond donors (Lipinski definition) is 0. The van der Waals surface area contributed by atoms with Crippen molar-refractivity contribution in [3.05, 3.63) is 95.6 Å². The molecule has 154 valence electrons. The molecule has 1 atom stereocenters. The Hall–Kier alpha value is -3.60. The van der Waals surface area contributed by atoms with Crippen LogP contribution < -0.4 is 9.47 Å². The van der Waals surface area contributed by atoms with Gasteiger partial charge in [0.15, 0.2) is 6.10 Å². The Bertz CT molecular complexity index is 963. The van der Waals surface area contributed by atoms with Gasteiger partial charge in [-0.05, 0) is 67.9 Å². The van der Waals surface area contributed by atoms with Crippen molar-refractivity contribution >= 4 is 11.8 Å². The number of carbonyl (C=O) groups is 2. The van der Waals surface area contributed by atoms with Crippen LogP contribution in [0.2, 0.25) is 0 Å². The maximum atomic E-state index is 12.5. The van der Waals surface area contributed by atoms with Crippen LogP contribution in [0.3, 0.4) is 0 Å². The fourth-order valence-corrected chi connectivity index (χ4v) is 2.83. The fraction of sp³-hybridized carbons (Fsp3) is 0.200. The van der Waals surface area contributed by atoms with Crippen LogP contribution in [-0.4, -0.2) is 24.5 Å². The average molecular weight is 404 g/mol. The van der Waals surface area contributed by atoms with Gasteiger partial charge in [0.05, 0.1) is 12.2 Å². The van der Waals surface area contributed by atoms with Crippen molar-refractivity contribution in [2.24, 2.45) is 0 Å². The first-order chi connectivity index (χ1) is 14.6. The first-order valence-electron chi connectivity index (χ1n) is 9.81. The van der Waals surface area contributed by atoms with E-state index in [1.165, 1.54) is 0 Å². The maximum Gasteiger partial charge on any atom is 0.338 e. The van der Waals surface area contributed by atoms with Crippen LogP contribution in [0.25, 0.3) is 0 Å². The molecule has 3 aromatic carbocycles. The molecule has 0 heterocycles. The van der Waals surface area contributed by atoms with Crippen LogP contribution in [0.1, 0.15) is 40.1 Å². The molecule has 30 heavy (non-hydrogen) atoms. The van der Waals surface area contributed by atoms with Crippen molar-refractivity contribution in [2.75, 3.05) is 6.61 Å². The van der Waals surface area contributed by atoms with E-state index in [4.69, 9.17) is 14.2 Å². The summed E-state index contributed by atoms with van der Waals surface area (Å²) in [6.07, 6.45) is -0.899. The number of rotatable bonds is 9. The van der Waals surface area contributed by atoms with Crippen molar-refractivity contribution in [1.82, 2.24) is 0 Å². The average Bonchev–Trinajstić information content (AvgIpc) is 2.79. The van der Waals surface area contributed by atoms with Gasteiger partial charge in [0, 0.05) is 5.56 Å². The fourth-order valence-electron chi connectivity index (χ4n) is 2.83. The van der Waals surface area contributed by atoms with Crippen molar-refractivity contribution in [1.29, 1.82) is 0 Å². The first-order valence-corrected chi connectivity index (χ1v) is 9.81. The molecule has 0 bridgehead atoms. The molecule has 0 amide bonds. The minimum Gasteiger partial charge on any atom is -0.494 e. The molecule has 3 aromatic rings. The predicted molar refractivity (Wildman–Crippen MR) is 114 cm³/mol. The highest BCUT2D eigenvalue weighted by Gasteiger charge is 2.20. The normalized spacial score (nSPS) is 11.4. The third kappa shape index (κ3) is 5.70. The van der Waals surface area contributed by atoms with Gasteiger partial charge in [-0.1, -0.05) is 30.3 Å². The molecular weight excluding hydrogens is 380 g/mol. The Kier molecular flexibility index (Phi) is 7.22. The molecule has 5 heteroatoms. The van der Waals surface area contributed by atoms with Gasteiger partial charge in [-0.2, -0.15) is 0 Å². The van der Waals surface area contributed by atoms with E-state index in [1.54, 1.807) is 55.5 Å². The lowest BCUT2D eigenvalue weighted by Gasteiger charge is -2.13. The minimum atomic E-state index is -0.899. The van der Waals surface area contributed by atoms with E-state index in [0.717, 1.165) is 5.56 Å². The number of carbonyl (C=O) groups excluding carboxylic acids is 2. The highest BCUT2D eigenvalue weighted by molar-refractivity contribution is 6.01. The first kappa shape index (κ1) is 21.1.